The molecule has 3 heteroatoms. The van der Waals surface area contributed by atoms with Crippen molar-refractivity contribution in [3.63, 3.8) is 0 Å². The van der Waals surface area contributed by atoms with Crippen LogP contribution in [0.5, 0.6) is 5.75 Å². The molecule has 3 nitrogen and oxygen atoms in total. The number of hydrogen-bond acceptors (Lipinski definition) is 3. The minimum absolute atomic E-state index is 0.553. The van der Waals surface area contributed by atoms with Crippen LogP contribution in [0.3, 0.4) is 0 Å². The molecule has 0 heterocycles. The first-order valence-corrected chi connectivity index (χ1v) is 6.88. The highest BCUT2D eigenvalue weighted by Crippen LogP contribution is 2.13. The number of hydrogen-bond donors (Lipinski definition) is 2. The summed E-state index contributed by atoms with van der Waals surface area (Å²) in [7, 11) is 0. The molecule has 1 aromatic carbocycles. The van der Waals surface area contributed by atoms with Crippen molar-refractivity contribution in [2.75, 3.05) is 19.7 Å². The van der Waals surface area contributed by atoms with Gasteiger partial charge in [-0.25, -0.2) is 0 Å². The highest BCUT2D eigenvalue weighted by atomic mass is 16.5. The maximum absolute atomic E-state index is 5.61. The largest absolute Gasteiger partial charge is 0.494 e. The van der Waals surface area contributed by atoms with E-state index >= 15 is 0 Å². The van der Waals surface area contributed by atoms with E-state index in [-0.39, 0.29) is 0 Å². The molecule has 0 saturated heterocycles. The molecule has 102 valence electrons. The Hall–Kier alpha value is -1.06. The van der Waals surface area contributed by atoms with E-state index in [0.717, 1.165) is 38.4 Å². The van der Waals surface area contributed by atoms with Crippen LogP contribution in [-0.4, -0.2) is 25.7 Å². The Morgan fingerprint density at radius 1 is 1.22 bits per heavy atom. The fourth-order valence-corrected chi connectivity index (χ4v) is 1.65. The van der Waals surface area contributed by atoms with Gasteiger partial charge < -0.3 is 15.4 Å². The lowest BCUT2D eigenvalue weighted by atomic mass is 10.2. The average Bonchev–Trinajstić information content (AvgIpc) is 2.36. The molecule has 0 fully saturated rings. The Labute approximate surface area is 111 Å². The van der Waals surface area contributed by atoms with E-state index in [1.807, 2.05) is 12.1 Å². The molecule has 1 rings (SSSR count). The van der Waals surface area contributed by atoms with Gasteiger partial charge in [-0.15, -0.1) is 0 Å². The summed E-state index contributed by atoms with van der Waals surface area (Å²) in [6.45, 7) is 10.1. The summed E-state index contributed by atoms with van der Waals surface area (Å²) in [5, 5.41) is 6.81. The molecule has 0 radical (unpaired) electrons. The predicted octanol–water partition coefficient (Wildman–Crippen LogP) is 2.56. The van der Waals surface area contributed by atoms with E-state index in [2.05, 4.69) is 43.5 Å². The maximum atomic E-state index is 5.61. The van der Waals surface area contributed by atoms with Gasteiger partial charge >= 0.3 is 0 Å². The first-order valence-electron chi connectivity index (χ1n) is 6.88. The Morgan fingerprint density at radius 2 is 2.06 bits per heavy atom. The van der Waals surface area contributed by atoms with Gasteiger partial charge in [0.25, 0.3) is 0 Å². The smallest absolute Gasteiger partial charge is 0.119 e. The van der Waals surface area contributed by atoms with E-state index in [0.29, 0.717) is 6.04 Å². The van der Waals surface area contributed by atoms with Crippen LogP contribution in [0.4, 0.5) is 0 Å². The first kappa shape index (κ1) is 15.0. The van der Waals surface area contributed by atoms with Crippen LogP contribution in [-0.2, 0) is 6.54 Å². The highest BCUT2D eigenvalue weighted by Gasteiger charge is 1.97. The highest BCUT2D eigenvalue weighted by molar-refractivity contribution is 5.28. The van der Waals surface area contributed by atoms with Gasteiger partial charge in [-0.1, -0.05) is 32.9 Å². The second-order valence-corrected chi connectivity index (χ2v) is 4.78. The Kier molecular flexibility index (Phi) is 7.46. The fourth-order valence-electron chi connectivity index (χ4n) is 1.65. The molecule has 0 saturated carbocycles. The van der Waals surface area contributed by atoms with Crippen molar-refractivity contribution in [3.05, 3.63) is 29.8 Å². The summed E-state index contributed by atoms with van der Waals surface area (Å²) in [5.74, 6) is 0.969. The Morgan fingerprint density at radius 3 is 2.78 bits per heavy atom. The van der Waals surface area contributed by atoms with E-state index in [9.17, 15) is 0 Å². The van der Waals surface area contributed by atoms with Crippen LogP contribution in [0.1, 0.15) is 32.8 Å². The quantitative estimate of drug-likeness (QED) is 0.661. The molecule has 0 aliphatic carbocycles. The minimum Gasteiger partial charge on any atom is -0.494 e. The van der Waals surface area contributed by atoms with Crippen LogP contribution >= 0.6 is 0 Å². The van der Waals surface area contributed by atoms with Gasteiger partial charge in [0.15, 0.2) is 0 Å². The summed E-state index contributed by atoms with van der Waals surface area (Å²) in [5.41, 5.74) is 1.27. The first-order chi connectivity index (χ1) is 8.72. The van der Waals surface area contributed by atoms with Gasteiger partial charge in [-0.2, -0.15) is 0 Å². The second-order valence-electron chi connectivity index (χ2n) is 4.78. The van der Waals surface area contributed by atoms with Crippen molar-refractivity contribution in [3.8, 4) is 5.75 Å². The van der Waals surface area contributed by atoms with Gasteiger partial charge in [-0.05, 0) is 24.1 Å². The molecular formula is C15H26N2O. The number of rotatable bonds is 9. The van der Waals surface area contributed by atoms with Crippen molar-refractivity contribution < 1.29 is 4.74 Å². The molecule has 1 aromatic rings. The Bertz CT molecular complexity index is 326. The van der Waals surface area contributed by atoms with Crippen LogP contribution < -0.4 is 15.4 Å². The Balaban J connectivity index is 2.24. The summed E-state index contributed by atoms with van der Waals surface area (Å²) in [6, 6.07) is 8.85. The van der Waals surface area contributed by atoms with Gasteiger partial charge in [0.2, 0.25) is 0 Å². The fraction of sp³-hybridized carbons (Fsp3) is 0.600. The van der Waals surface area contributed by atoms with Crippen LogP contribution in [0.25, 0.3) is 0 Å². The van der Waals surface area contributed by atoms with Crippen molar-refractivity contribution in [1.29, 1.82) is 0 Å². The molecule has 0 aliphatic rings. The minimum atomic E-state index is 0.553. The average molecular weight is 250 g/mol. The third-order valence-electron chi connectivity index (χ3n) is 2.55. The zero-order valence-corrected chi connectivity index (χ0v) is 11.8. The van der Waals surface area contributed by atoms with Gasteiger partial charge in [-0.3, -0.25) is 0 Å². The molecule has 0 atom stereocenters. The van der Waals surface area contributed by atoms with Crippen LogP contribution in [0.15, 0.2) is 24.3 Å². The zero-order chi connectivity index (χ0) is 13.2. The van der Waals surface area contributed by atoms with Crippen molar-refractivity contribution in [1.82, 2.24) is 10.6 Å². The van der Waals surface area contributed by atoms with Crippen LogP contribution in [0, 0.1) is 0 Å². The maximum Gasteiger partial charge on any atom is 0.119 e. The van der Waals surface area contributed by atoms with E-state index in [4.69, 9.17) is 4.74 Å². The molecule has 18 heavy (non-hydrogen) atoms. The molecule has 0 spiro atoms. The summed E-state index contributed by atoms with van der Waals surface area (Å²) in [4.78, 5) is 0. The molecule has 0 aliphatic heterocycles. The third kappa shape index (κ3) is 6.62. The van der Waals surface area contributed by atoms with Crippen LogP contribution in [0.2, 0.25) is 0 Å². The lowest BCUT2D eigenvalue weighted by Crippen LogP contribution is -2.31. The molecule has 0 amide bonds. The van der Waals surface area contributed by atoms with Gasteiger partial charge in [0.05, 0.1) is 6.61 Å². The lowest BCUT2D eigenvalue weighted by Gasteiger charge is -2.10. The summed E-state index contributed by atoms with van der Waals surface area (Å²) < 4.78 is 5.61. The number of ether oxygens (including phenoxy) is 1. The zero-order valence-electron chi connectivity index (χ0n) is 11.8. The molecule has 0 aromatic heterocycles. The molecule has 0 bridgehead atoms. The third-order valence-corrected chi connectivity index (χ3v) is 2.55. The molecule has 0 unspecified atom stereocenters. The summed E-state index contributed by atoms with van der Waals surface area (Å²) in [6.07, 6.45) is 1.04. The second kappa shape index (κ2) is 8.95. The monoisotopic (exact) mass is 250 g/mol. The number of nitrogens with one attached hydrogen (secondary N) is 2. The normalized spacial score (nSPS) is 10.9. The summed E-state index contributed by atoms with van der Waals surface area (Å²) >= 11 is 0. The lowest BCUT2D eigenvalue weighted by molar-refractivity contribution is 0.317. The van der Waals surface area contributed by atoms with Crippen molar-refractivity contribution in [2.24, 2.45) is 0 Å². The van der Waals surface area contributed by atoms with E-state index < -0.39 is 0 Å². The molecular weight excluding hydrogens is 224 g/mol. The standard InChI is InChI=1S/C15H26N2O/c1-4-10-18-15-7-5-6-14(11-15)12-16-8-9-17-13(2)3/h5-7,11,13,16-17H,4,8-10,12H2,1-3H3. The van der Waals surface area contributed by atoms with Crippen molar-refractivity contribution in [2.45, 2.75) is 39.8 Å². The van der Waals surface area contributed by atoms with E-state index in [1.165, 1.54) is 5.56 Å². The SMILES string of the molecule is CCCOc1cccc(CNCCNC(C)C)c1. The predicted molar refractivity (Wildman–Crippen MR) is 77.1 cm³/mol. The topological polar surface area (TPSA) is 33.3 Å². The van der Waals surface area contributed by atoms with E-state index in [1.54, 1.807) is 0 Å². The van der Waals surface area contributed by atoms with Gasteiger partial charge in [0.1, 0.15) is 5.75 Å². The van der Waals surface area contributed by atoms with Crippen molar-refractivity contribution >= 4 is 0 Å². The van der Waals surface area contributed by atoms with Gasteiger partial charge in [0, 0.05) is 25.7 Å². The number of benzene rings is 1. The molecule has 2 N–H and O–H groups in total.